The van der Waals surface area contributed by atoms with E-state index in [2.05, 4.69) is 17.4 Å². The highest BCUT2D eigenvalue weighted by molar-refractivity contribution is 5.97. The van der Waals surface area contributed by atoms with Crippen molar-refractivity contribution in [3.63, 3.8) is 0 Å². The third-order valence-electron chi connectivity index (χ3n) is 6.60. The summed E-state index contributed by atoms with van der Waals surface area (Å²) in [5, 5.41) is 3.14. The smallest absolute Gasteiger partial charge is 0.255 e. The van der Waals surface area contributed by atoms with Gasteiger partial charge in [-0.25, -0.2) is 0 Å². The van der Waals surface area contributed by atoms with Gasteiger partial charge >= 0.3 is 0 Å². The number of nitrogens with one attached hydrogen (secondary N) is 1. The van der Waals surface area contributed by atoms with Crippen LogP contribution in [0, 0.1) is 0 Å². The minimum atomic E-state index is -0.220. The Labute approximate surface area is 195 Å². The monoisotopic (exact) mass is 442 g/mol. The molecular weight excluding hydrogens is 412 g/mol. The summed E-state index contributed by atoms with van der Waals surface area (Å²) in [6.07, 6.45) is 2.01. The molecule has 0 bridgehead atoms. The second kappa shape index (κ2) is 10.3. The Bertz CT molecular complexity index is 1070. The van der Waals surface area contributed by atoms with Crippen LogP contribution in [-0.4, -0.2) is 43.5 Å². The van der Waals surface area contributed by atoms with Crippen LogP contribution in [0.1, 0.15) is 34.3 Å². The highest BCUT2D eigenvalue weighted by Gasteiger charge is 2.37. The van der Waals surface area contributed by atoms with E-state index in [1.165, 1.54) is 5.56 Å². The van der Waals surface area contributed by atoms with Crippen molar-refractivity contribution in [2.75, 3.05) is 26.7 Å². The van der Waals surface area contributed by atoms with Gasteiger partial charge in [0.2, 0.25) is 5.91 Å². The van der Waals surface area contributed by atoms with Crippen molar-refractivity contribution in [2.24, 2.45) is 0 Å². The van der Waals surface area contributed by atoms with Gasteiger partial charge in [0, 0.05) is 25.0 Å². The van der Waals surface area contributed by atoms with Crippen molar-refractivity contribution in [2.45, 2.75) is 24.7 Å². The zero-order chi connectivity index (χ0) is 23.1. The highest BCUT2D eigenvalue weighted by atomic mass is 16.5. The molecule has 170 valence electrons. The zero-order valence-corrected chi connectivity index (χ0v) is 19.0. The molecule has 2 amide bonds. The van der Waals surface area contributed by atoms with Gasteiger partial charge in [0.25, 0.3) is 5.91 Å². The molecule has 0 aromatic heterocycles. The lowest BCUT2D eigenvalue weighted by molar-refractivity contribution is -0.132. The van der Waals surface area contributed by atoms with Crippen LogP contribution < -0.4 is 10.1 Å². The number of hydrogen-bond acceptors (Lipinski definition) is 3. The number of piperidine rings is 1. The number of hydrogen-bond donors (Lipinski definition) is 1. The predicted octanol–water partition coefficient (Wildman–Crippen LogP) is 4.23. The van der Waals surface area contributed by atoms with E-state index in [0.29, 0.717) is 37.4 Å². The highest BCUT2D eigenvalue weighted by Crippen LogP contribution is 2.35. The standard InChI is InChI=1S/C28H30N2O3/c1-33-25-15-9-8-14-24(25)27(32)29-21-28(23-12-6-3-7-13-23)16-18-30(19-17-28)26(31)20-22-10-4-2-5-11-22/h2-15H,16-21H2,1H3,(H,29,32). The lowest BCUT2D eigenvalue weighted by atomic mass is 9.72. The number of para-hydroxylation sites is 1. The number of methoxy groups -OCH3 is 1. The summed E-state index contributed by atoms with van der Waals surface area (Å²) in [6.45, 7) is 1.85. The number of likely N-dealkylation sites (tertiary alicyclic amines) is 1. The molecule has 1 heterocycles. The van der Waals surface area contributed by atoms with Crippen molar-refractivity contribution in [3.8, 4) is 5.75 Å². The molecule has 0 spiro atoms. The molecule has 33 heavy (non-hydrogen) atoms. The number of ether oxygens (including phenoxy) is 1. The van der Waals surface area contributed by atoms with Crippen molar-refractivity contribution in [1.82, 2.24) is 10.2 Å². The summed E-state index contributed by atoms with van der Waals surface area (Å²) >= 11 is 0. The van der Waals surface area contributed by atoms with Crippen LogP contribution in [0.5, 0.6) is 5.75 Å². The normalized spacial score (nSPS) is 15.0. The van der Waals surface area contributed by atoms with Crippen LogP contribution in [0.4, 0.5) is 0 Å². The molecule has 0 saturated carbocycles. The first-order chi connectivity index (χ1) is 16.1. The topological polar surface area (TPSA) is 58.6 Å². The fourth-order valence-electron chi connectivity index (χ4n) is 4.60. The summed E-state index contributed by atoms with van der Waals surface area (Å²) < 4.78 is 5.35. The summed E-state index contributed by atoms with van der Waals surface area (Å²) in [4.78, 5) is 27.8. The average Bonchev–Trinajstić information content (AvgIpc) is 2.88. The largest absolute Gasteiger partial charge is 0.496 e. The maximum absolute atomic E-state index is 13.0. The Balaban J connectivity index is 1.46. The number of benzene rings is 3. The van der Waals surface area contributed by atoms with Crippen LogP contribution in [0.25, 0.3) is 0 Å². The van der Waals surface area contributed by atoms with E-state index in [4.69, 9.17) is 4.74 Å². The average molecular weight is 443 g/mol. The second-order valence-corrected chi connectivity index (χ2v) is 8.57. The van der Waals surface area contributed by atoms with Gasteiger partial charge < -0.3 is 15.0 Å². The van der Waals surface area contributed by atoms with Gasteiger partial charge in [0.05, 0.1) is 19.1 Å². The summed E-state index contributed by atoms with van der Waals surface area (Å²) in [7, 11) is 1.57. The number of carbonyl (C=O) groups is 2. The third-order valence-corrected chi connectivity index (χ3v) is 6.60. The lowest BCUT2D eigenvalue weighted by Crippen LogP contribution is -2.50. The molecule has 5 heteroatoms. The molecule has 0 atom stereocenters. The quantitative estimate of drug-likeness (QED) is 0.596. The van der Waals surface area contributed by atoms with E-state index in [1.807, 2.05) is 65.6 Å². The zero-order valence-electron chi connectivity index (χ0n) is 19.0. The fraction of sp³-hybridized carbons (Fsp3) is 0.286. The van der Waals surface area contributed by atoms with Crippen LogP contribution in [0.15, 0.2) is 84.9 Å². The molecule has 1 aliphatic heterocycles. The molecule has 5 nitrogen and oxygen atoms in total. The van der Waals surface area contributed by atoms with E-state index in [-0.39, 0.29) is 17.2 Å². The molecule has 1 aliphatic rings. The minimum Gasteiger partial charge on any atom is -0.496 e. The Morgan fingerprint density at radius 3 is 2.15 bits per heavy atom. The Hall–Kier alpha value is -3.60. The maximum Gasteiger partial charge on any atom is 0.255 e. The van der Waals surface area contributed by atoms with Crippen molar-refractivity contribution < 1.29 is 14.3 Å². The molecule has 4 rings (SSSR count). The van der Waals surface area contributed by atoms with E-state index in [0.717, 1.165) is 18.4 Å². The number of rotatable bonds is 7. The molecule has 0 aliphatic carbocycles. The molecule has 1 N–H and O–H groups in total. The van der Waals surface area contributed by atoms with Gasteiger partial charge in [-0.1, -0.05) is 72.8 Å². The van der Waals surface area contributed by atoms with E-state index < -0.39 is 0 Å². The van der Waals surface area contributed by atoms with Crippen molar-refractivity contribution in [3.05, 3.63) is 102 Å². The summed E-state index contributed by atoms with van der Waals surface area (Å²) in [5.41, 5.74) is 2.54. The third kappa shape index (κ3) is 5.25. The van der Waals surface area contributed by atoms with Crippen LogP contribution in [0.2, 0.25) is 0 Å². The molecule has 1 saturated heterocycles. The van der Waals surface area contributed by atoms with Crippen molar-refractivity contribution >= 4 is 11.8 Å². The van der Waals surface area contributed by atoms with Crippen molar-refractivity contribution in [1.29, 1.82) is 0 Å². The van der Waals surface area contributed by atoms with E-state index in [1.54, 1.807) is 19.2 Å². The number of carbonyl (C=O) groups excluding carboxylic acids is 2. The Morgan fingerprint density at radius 1 is 0.879 bits per heavy atom. The first-order valence-electron chi connectivity index (χ1n) is 11.4. The molecule has 3 aromatic carbocycles. The van der Waals surface area contributed by atoms with Crippen LogP contribution in [0.3, 0.4) is 0 Å². The molecule has 3 aromatic rings. The first-order valence-corrected chi connectivity index (χ1v) is 11.4. The fourth-order valence-corrected chi connectivity index (χ4v) is 4.60. The van der Waals surface area contributed by atoms with Crippen LogP contribution in [-0.2, 0) is 16.6 Å². The lowest BCUT2D eigenvalue weighted by Gasteiger charge is -2.42. The number of amides is 2. The van der Waals surface area contributed by atoms with E-state index in [9.17, 15) is 9.59 Å². The number of nitrogens with zero attached hydrogens (tertiary/aromatic N) is 1. The minimum absolute atomic E-state index is 0.148. The van der Waals surface area contributed by atoms with Gasteiger partial charge in [-0.05, 0) is 36.1 Å². The SMILES string of the molecule is COc1ccccc1C(=O)NCC1(c2ccccc2)CCN(C(=O)Cc2ccccc2)CC1. The van der Waals surface area contributed by atoms with Gasteiger partial charge in [-0.15, -0.1) is 0 Å². The predicted molar refractivity (Wildman–Crippen MR) is 129 cm³/mol. The molecule has 0 unspecified atom stereocenters. The van der Waals surface area contributed by atoms with Gasteiger partial charge in [-0.3, -0.25) is 9.59 Å². The summed E-state index contributed by atoms with van der Waals surface area (Å²) in [6, 6.07) is 27.4. The Morgan fingerprint density at radius 2 is 1.48 bits per heavy atom. The summed E-state index contributed by atoms with van der Waals surface area (Å²) in [5.74, 6) is 0.566. The Kier molecular flexibility index (Phi) is 7.08. The van der Waals surface area contributed by atoms with Gasteiger partial charge in [0.15, 0.2) is 0 Å². The first kappa shape index (κ1) is 22.6. The second-order valence-electron chi connectivity index (χ2n) is 8.57. The molecule has 1 fully saturated rings. The molecule has 0 radical (unpaired) electrons. The van der Waals surface area contributed by atoms with Gasteiger partial charge in [0.1, 0.15) is 5.75 Å². The van der Waals surface area contributed by atoms with Crippen LogP contribution >= 0.6 is 0 Å². The van der Waals surface area contributed by atoms with Gasteiger partial charge in [-0.2, -0.15) is 0 Å². The van der Waals surface area contributed by atoms with E-state index >= 15 is 0 Å². The maximum atomic E-state index is 13.0. The molecular formula is C28H30N2O3.